The molecule has 2 rings (SSSR count). The molecule has 0 saturated carbocycles. The second-order valence-corrected chi connectivity index (χ2v) is 7.75. The average Bonchev–Trinajstić information content (AvgIpc) is 2.48. The Bertz CT molecular complexity index is 713. The minimum atomic E-state index is -3.49. The average molecular weight is 358 g/mol. The van der Waals surface area contributed by atoms with E-state index in [1.165, 1.54) is 0 Å². The predicted octanol–water partition coefficient (Wildman–Crippen LogP) is 4.30. The zero-order valence-corrected chi connectivity index (χ0v) is 14.4. The Morgan fingerprint density at radius 3 is 2.23 bits per heavy atom. The summed E-state index contributed by atoms with van der Waals surface area (Å²) in [6.45, 7) is 2.18. The van der Waals surface area contributed by atoms with E-state index in [2.05, 4.69) is 4.72 Å². The van der Waals surface area contributed by atoms with Gasteiger partial charge in [-0.1, -0.05) is 41.4 Å². The standard InChI is InChI=1S/C16H17Cl2NO2S/c1-12-2-8-15(9-3-12)22(20,21)19-11-10-16(18)13-4-6-14(17)7-5-13/h2-9,16,19H,10-11H2,1H3. The fraction of sp³-hybridized carbons (Fsp3) is 0.250. The Morgan fingerprint density at radius 2 is 1.64 bits per heavy atom. The van der Waals surface area contributed by atoms with Crippen molar-refractivity contribution in [1.82, 2.24) is 4.72 Å². The molecule has 3 nitrogen and oxygen atoms in total. The molecule has 0 aliphatic rings. The van der Waals surface area contributed by atoms with Gasteiger partial charge < -0.3 is 0 Å². The van der Waals surface area contributed by atoms with Crippen molar-refractivity contribution in [2.24, 2.45) is 0 Å². The third kappa shape index (κ3) is 4.71. The van der Waals surface area contributed by atoms with Gasteiger partial charge in [0, 0.05) is 11.6 Å². The van der Waals surface area contributed by atoms with Crippen LogP contribution >= 0.6 is 23.2 Å². The molecule has 2 aromatic rings. The third-order valence-corrected chi connectivity index (χ3v) is 5.45. The van der Waals surface area contributed by atoms with E-state index in [1.807, 2.05) is 19.1 Å². The second-order valence-electron chi connectivity index (χ2n) is 5.02. The largest absolute Gasteiger partial charge is 0.240 e. The number of sulfonamides is 1. The Morgan fingerprint density at radius 1 is 1.05 bits per heavy atom. The highest BCUT2D eigenvalue weighted by atomic mass is 35.5. The Balaban J connectivity index is 1.92. The zero-order chi connectivity index (χ0) is 16.2. The van der Waals surface area contributed by atoms with Gasteiger partial charge in [-0.15, -0.1) is 11.6 Å². The first-order valence-electron chi connectivity index (χ1n) is 6.84. The van der Waals surface area contributed by atoms with Crippen LogP contribution in [-0.2, 0) is 10.0 Å². The molecule has 0 amide bonds. The summed E-state index contributed by atoms with van der Waals surface area (Å²) in [5.41, 5.74) is 1.93. The number of alkyl halides is 1. The van der Waals surface area contributed by atoms with Crippen molar-refractivity contribution >= 4 is 33.2 Å². The van der Waals surface area contributed by atoms with Crippen LogP contribution in [0.2, 0.25) is 5.02 Å². The third-order valence-electron chi connectivity index (χ3n) is 3.25. The summed E-state index contributed by atoms with van der Waals surface area (Å²) in [6.07, 6.45) is 0.494. The van der Waals surface area contributed by atoms with Crippen LogP contribution in [0.1, 0.15) is 22.9 Å². The van der Waals surface area contributed by atoms with Gasteiger partial charge in [-0.05, 0) is 43.2 Å². The van der Waals surface area contributed by atoms with Gasteiger partial charge in [0.2, 0.25) is 10.0 Å². The van der Waals surface area contributed by atoms with Gasteiger partial charge in [-0.3, -0.25) is 0 Å². The lowest BCUT2D eigenvalue weighted by molar-refractivity contribution is 0.578. The van der Waals surface area contributed by atoms with Crippen molar-refractivity contribution < 1.29 is 8.42 Å². The molecule has 0 heterocycles. The van der Waals surface area contributed by atoms with Gasteiger partial charge in [0.05, 0.1) is 10.3 Å². The van der Waals surface area contributed by atoms with E-state index in [9.17, 15) is 8.42 Å². The molecule has 2 aromatic carbocycles. The minimum absolute atomic E-state index is 0.260. The molecule has 0 radical (unpaired) electrons. The lowest BCUT2D eigenvalue weighted by Gasteiger charge is -2.11. The Hall–Kier alpha value is -1.07. The van der Waals surface area contributed by atoms with Crippen LogP contribution in [0.3, 0.4) is 0 Å². The molecule has 0 saturated heterocycles. The van der Waals surface area contributed by atoms with E-state index in [1.54, 1.807) is 36.4 Å². The van der Waals surface area contributed by atoms with Gasteiger partial charge in [0.1, 0.15) is 0 Å². The molecule has 1 atom stereocenters. The fourth-order valence-electron chi connectivity index (χ4n) is 1.96. The Kier molecular flexibility index (Phi) is 5.87. The first-order valence-corrected chi connectivity index (χ1v) is 9.14. The monoisotopic (exact) mass is 357 g/mol. The lowest BCUT2D eigenvalue weighted by Crippen LogP contribution is -2.25. The second kappa shape index (κ2) is 7.47. The first-order chi connectivity index (χ1) is 10.4. The number of benzene rings is 2. The summed E-state index contributed by atoms with van der Waals surface area (Å²) in [5, 5.41) is 0.380. The van der Waals surface area contributed by atoms with Crippen LogP contribution in [-0.4, -0.2) is 15.0 Å². The maximum absolute atomic E-state index is 12.1. The molecule has 1 N–H and O–H groups in total. The highest BCUT2D eigenvalue weighted by Gasteiger charge is 2.14. The number of hydrogen-bond donors (Lipinski definition) is 1. The highest BCUT2D eigenvalue weighted by Crippen LogP contribution is 2.25. The zero-order valence-electron chi connectivity index (χ0n) is 12.1. The van der Waals surface area contributed by atoms with Crippen molar-refractivity contribution in [1.29, 1.82) is 0 Å². The summed E-state index contributed by atoms with van der Waals surface area (Å²) in [7, 11) is -3.49. The van der Waals surface area contributed by atoms with Crippen molar-refractivity contribution in [3.63, 3.8) is 0 Å². The SMILES string of the molecule is Cc1ccc(S(=O)(=O)NCCC(Cl)c2ccc(Cl)cc2)cc1. The molecule has 0 bridgehead atoms. The molecule has 118 valence electrons. The first kappa shape index (κ1) is 17.3. The van der Waals surface area contributed by atoms with Crippen molar-refractivity contribution in [3.8, 4) is 0 Å². The molecule has 6 heteroatoms. The maximum atomic E-state index is 12.1. The van der Waals surface area contributed by atoms with Crippen LogP contribution in [0, 0.1) is 6.92 Å². The van der Waals surface area contributed by atoms with E-state index in [0.717, 1.165) is 11.1 Å². The lowest BCUT2D eigenvalue weighted by atomic mass is 10.1. The predicted molar refractivity (Wildman–Crippen MR) is 91.0 cm³/mol. The van der Waals surface area contributed by atoms with Crippen molar-refractivity contribution in [2.45, 2.75) is 23.6 Å². The van der Waals surface area contributed by atoms with Gasteiger partial charge in [0.15, 0.2) is 0 Å². The van der Waals surface area contributed by atoms with E-state index in [4.69, 9.17) is 23.2 Å². The molecular formula is C16H17Cl2NO2S. The van der Waals surface area contributed by atoms with Crippen LogP contribution in [0.5, 0.6) is 0 Å². The molecule has 0 aromatic heterocycles. The summed E-state index contributed by atoms with van der Waals surface area (Å²) in [5.74, 6) is 0. The number of hydrogen-bond acceptors (Lipinski definition) is 2. The summed E-state index contributed by atoms with van der Waals surface area (Å²) in [6, 6.07) is 13.9. The van der Waals surface area contributed by atoms with E-state index < -0.39 is 10.0 Å². The normalized spacial score (nSPS) is 13.0. The molecule has 0 aliphatic carbocycles. The van der Waals surface area contributed by atoms with Gasteiger partial charge in [-0.25, -0.2) is 13.1 Å². The van der Waals surface area contributed by atoms with Crippen LogP contribution in [0.4, 0.5) is 0 Å². The topological polar surface area (TPSA) is 46.2 Å². The smallest absolute Gasteiger partial charge is 0.211 e. The number of rotatable bonds is 6. The summed E-state index contributed by atoms with van der Waals surface area (Å²) >= 11 is 12.1. The van der Waals surface area contributed by atoms with Gasteiger partial charge in [-0.2, -0.15) is 0 Å². The Labute approximate surface area is 141 Å². The minimum Gasteiger partial charge on any atom is -0.211 e. The maximum Gasteiger partial charge on any atom is 0.240 e. The summed E-state index contributed by atoms with van der Waals surface area (Å²) in [4.78, 5) is 0.260. The van der Waals surface area contributed by atoms with E-state index in [0.29, 0.717) is 11.4 Å². The molecule has 1 unspecified atom stereocenters. The molecular weight excluding hydrogens is 341 g/mol. The quantitative estimate of drug-likeness (QED) is 0.783. The molecule has 22 heavy (non-hydrogen) atoms. The number of halogens is 2. The van der Waals surface area contributed by atoms with Crippen molar-refractivity contribution in [2.75, 3.05) is 6.54 Å². The highest BCUT2D eigenvalue weighted by molar-refractivity contribution is 7.89. The van der Waals surface area contributed by atoms with E-state index >= 15 is 0 Å². The summed E-state index contributed by atoms with van der Waals surface area (Å²) < 4.78 is 26.8. The molecule has 0 fully saturated rings. The molecule has 0 spiro atoms. The fourth-order valence-corrected chi connectivity index (χ4v) is 3.39. The van der Waals surface area contributed by atoms with Crippen LogP contribution in [0.25, 0.3) is 0 Å². The van der Waals surface area contributed by atoms with Gasteiger partial charge >= 0.3 is 0 Å². The number of aryl methyl sites for hydroxylation is 1. The van der Waals surface area contributed by atoms with Crippen LogP contribution < -0.4 is 4.72 Å². The van der Waals surface area contributed by atoms with Gasteiger partial charge in [0.25, 0.3) is 0 Å². The van der Waals surface area contributed by atoms with E-state index in [-0.39, 0.29) is 16.8 Å². The number of nitrogens with one attached hydrogen (secondary N) is 1. The van der Waals surface area contributed by atoms with Crippen LogP contribution in [0.15, 0.2) is 53.4 Å². The molecule has 0 aliphatic heterocycles. The van der Waals surface area contributed by atoms with Crippen molar-refractivity contribution in [3.05, 3.63) is 64.7 Å².